The van der Waals surface area contributed by atoms with Crippen LogP contribution in [0.3, 0.4) is 0 Å². The number of carbonyl (C=O) groups is 2. The minimum Gasteiger partial charge on any atom is -0.496 e. The van der Waals surface area contributed by atoms with E-state index in [1.54, 1.807) is 31.4 Å². The van der Waals surface area contributed by atoms with E-state index in [9.17, 15) is 9.59 Å². The highest BCUT2D eigenvalue weighted by atomic mass is 16.5. The van der Waals surface area contributed by atoms with Gasteiger partial charge in [-0.3, -0.25) is 9.59 Å². The fourth-order valence-corrected chi connectivity index (χ4v) is 2.52. The number of allylic oxidation sites excluding steroid dienone is 2. The van der Waals surface area contributed by atoms with Crippen LogP contribution < -0.4 is 9.47 Å². The molecular formula is C16H12O4. The molecular weight excluding hydrogens is 256 g/mol. The zero-order chi connectivity index (χ0) is 14.3. The summed E-state index contributed by atoms with van der Waals surface area (Å²) in [6.07, 6.45) is 2.59. The SMILES string of the molecule is COc1ccc(OC)c2c3c(ccc12)C(=O)C=CC3=O. The average Bonchev–Trinajstić information content (AvgIpc) is 2.49. The molecule has 0 radical (unpaired) electrons. The Hall–Kier alpha value is -2.62. The smallest absolute Gasteiger partial charge is 0.187 e. The minimum absolute atomic E-state index is 0.175. The summed E-state index contributed by atoms with van der Waals surface area (Å²) in [5.41, 5.74) is 0.780. The predicted molar refractivity (Wildman–Crippen MR) is 74.9 cm³/mol. The third-order valence-corrected chi connectivity index (χ3v) is 3.44. The van der Waals surface area contributed by atoms with E-state index < -0.39 is 0 Å². The molecule has 0 fully saturated rings. The first-order valence-corrected chi connectivity index (χ1v) is 6.12. The van der Waals surface area contributed by atoms with Crippen molar-refractivity contribution in [3.8, 4) is 11.5 Å². The van der Waals surface area contributed by atoms with Gasteiger partial charge in [0.15, 0.2) is 11.6 Å². The first kappa shape index (κ1) is 12.4. The molecule has 0 bridgehead atoms. The van der Waals surface area contributed by atoms with Crippen LogP contribution in [0, 0.1) is 0 Å². The van der Waals surface area contributed by atoms with Gasteiger partial charge in [0, 0.05) is 21.9 Å². The lowest BCUT2D eigenvalue weighted by Crippen LogP contribution is -2.12. The zero-order valence-corrected chi connectivity index (χ0v) is 11.1. The van der Waals surface area contributed by atoms with Crippen molar-refractivity contribution < 1.29 is 19.1 Å². The van der Waals surface area contributed by atoms with E-state index in [0.29, 0.717) is 28.0 Å². The molecule has 0 amide bonds. The van der Waals surface area contributed by atoms with Gasteiger partial charge in [0.25, 0.3) is 0 Å². The Bertz CT molecular complexity index is 772. The third kappa shape index (κ3) is 1.61. The molecule has 0 aliphatic heterocycles. The Balaban J connectivity index is 2.49. The normalized spacial score (nSPS) is 13.5. The van der Waals surface area contributed by atoms with E-state index in [-0.39, 0.29) is 11.6 Å². The van der Waals surface area contributed by atoms with Crippen molar-refractivity contribution >= 4 is 22.3 Å². The Morgan fingerprint density at radius 3 is 2.15 bits per heavy atom. The molecule has 0 N–H and O–H groups in total. The molecule has 2 aromatic carbocycles. The first-order valence-electron chi connectivity index (χ1n) is 6.12. The first-order chi connectivity index (χ1) is 9.67. The van der Waals surface area contributed by atoms with E-state index in [0.717, 1.165) is 5.39 Å². The molecule has 4 heteroatoms. The summed E-state index contributed by atoms with van der Waals surface area (Å²) in [5.74, 6) is 0.815. The van der Waals surface area contributed by atoms with Crippen molar-refractivity contribution in [3.63, 3.8) is 0 Å². The maximum Gasteiger partial charge on any atom is 0.187 e. The Morgan fingerprint density at radius 1 is 0.800 bits per heavy atom. The Morgan fingerprint density at radius 2 is 1.45 bits per heavy atom. The molecule has 2 aromatic rings. The summed E-state index contributed by atoms with van der Waals surface area (Å²) in [4.78, 5) is 24.1. The second-order valence-electron chi connectivity index (χ2n) is 4.44. The second-order valence-corrected chi connectivity index (χ2v) is 4.44. The molecule has 1 aliphatic rings. The van der Waals surface area contributed by atoms with Crippen molar-refractivity contribution in [1.29, 1.82) is 0 Å². The van der Waals surface area contributed by atoms with E-state index >= 15 is 0 Å². The number of ketones is 2. The summed E-state index contributed by atoms with van der Waals surface area (Å²) >= 11 is 0. The van der Waals surface area contributed by atoms with Crippen molar-refractivity contribution in [2.75, 3.05) is 14.2 Å². The summed E-state index contributed by atoms with van der Waals surface area (Å²) in [5, 5.41) is 1.37. The number of rotatable bonds is 2. The van der Waals surface area contributed by atoms with Crippen LogP contribution >= 0.6 is 0 Å². The van der Waals surface area contributed by atoms with Crippen LogP contribution in [0.2, 0.25) is 0 Å². The highest BCUT2D eigenvalue weighted by molar-refractivity contribution is 6.27. The summed E-state index contributed by atoms with van der Waals surface area (Å²) < 4.78 is 10.6. The molecule has 20 heavy (non-hydrogen) atoms. The van der Waals surface area contributed by atoms with Crippen LogP contribution in [0.5, 0.6) is 11.5 Å². The number of methoxy groups -OCH3 is 2. The van der Waals surface area contributed by atoms with Crippen LogP contribution in [-0.4, -0.2) is 25.8 Å². The van der Waals surface area contributed by atoms with Gasteiger partial charge in [-0.25, -0.2) is 0 Å². The maximum absolute atomic E-state index is 12.2. The van der Waals surface area contributed by atoms with Gasteiger partial charge in [-0.1, -0.05) is 0 Å². The lowest BCUT2D eigenvalue weighted by atomic mass is 9.89. The minimum atomic E-state index is -0.197. The Labute approximate surface area is 115 Å². The van der Waals surface area contributed by atoms with E-state index in [1.165, 1.54) is 19.3 Å². The largest absolute Gasteiger partial charge is 0.496 e. The number of ether oxygens (including phenoxy) is 2. The lowest BCUT2D eigenvalue weighted by molar-refractivity contribution is 0.0995. The van der Waals surface area contributed by atoms with Crippen LogP contribution in [0.4, 0.5) is 0 Å². The Kier molecular flexibility index (Phi) is 2.79. The average molecular weight is 268 g/mol. The van der Waals surface area contributed by atoms with Crippen molar-refractivity contribution in [2.24, 2.45) is 0 Å². The fraction of sp³-hybridized carbons (Fsp3) is 0.125. The van der Waals surface area contributed by atoms with Gasteiger partial charge in [-0.15, -0.1) is 0 Å². The van der Waals surface area contributed by atoms with E-state index in [1.807, 2.05) is 0 Å². The molecule has 3 rings (SSSR count). The second kappa shape index (κ2) is 4.49. The van der Waals surface area contributed by atoms with Crippen LogP contribution in [0.1, 0.15) is 20.7 Å². The number of carbonyl (C=O) groups excluding carboxylic acids is 2. The fourth-order valence-electron chi connectivity index (χ4n) is 2.52. The highest BCUT2D eigenvalue weighted by Gasteiger charge is 2.24. The van der Waals surface area contributed by atoms with Crippen molar-refractivity contribution in [2.45, 2.75) is 0 Å². The number of hydrogen-bond donors (Lipinski definition) is 0. The van der Waals surface area contributed by atoms with Gasteiger partial charge in [-0.2, -0.15) is 0 Å². The monoisotopic (exact) mass is 268 g/mol. The molecule has 0 unspecified atom stereocenters. The van der Waals surface area contributed by atoms with Crippen LogP contribution in [0.15, 0.2) is 36.4 Å². The summed E-state index contributed by atoms with van der Waals surface area (Å²) in [6, 6.07) is 6.94. The van der Waals surface area contributed by atoms with Gasteiger partial charge in [0.05, 0.1) is 14.2 Å². The van der Waals surface area contributed by atoms with Crippen molar-refractivity contribution in [3.05, 3.63) is 47.5 Å². The van der Waals surface area contributed by atoms with Crippen LogP contribution in [-0.2, 0) is 0 Å². The molecule has 0 atom stereocenters. The van der Waals surface area contributed by atoms with Gasteiger partial charge >= 0.3 is 0 Å². The van der Waals surface area contributed by atoms with E-state index in [4.69, 9.17) is 9.47 Å². The highest BCUT2D eigenvalue weighted by Crippen LogP contribution is 2.38. The van der Waals surface area contributed by atoms with Crippen LogP contribution in [0.25, 0.3) is 10.8 Å². The molecule has 0 saturated carbocycles. The zero-order valence-electron chi connectivity index (χ0n) is 11.1. The number of fused-ring (bicyclic) bond motifs is 3. The third-order valence-electron chi connectivity index (χ3n) is 3.44. The molecule has 100 valence electrons. The molecule has 0 spiro atoms. The molecule has 4 nitrogen and oxygen atoms in total. The van der Waals surface area contributed by atoms with Crippen molar-refractivity contribution in [1.82, 2.24) is 0 Å². The lowest BCUT2D eigenvalue weighted by Gasteiger charge is -2.16. The molecule has 0 saturated heterocycles. The summed E-state index contributed by atoms with van der Waals surface area (Å²) in [6.45, 7) is 0. The van der Waals surface area contributed by atoms with E-state index in [2.05, 4.69) is 0 Å². The topological polar surface area (TPSA) is 52.6 Å². The van der Waals surface area contributed by atoms with Gasteiger partial charge in [-0.05, 0) is 36.4 Å². The number of benzene rings is 2. The quantitative estimate of drug-likeness (QED) is 0.840. The van der Waals surface area contributed by atoms with Gasteiger partial charge in [0.2, 0.25) is 0 Å². The molecule has 0 aromatic heterocycles. The van der Waals surface area contributed by atoms with Gasteiger partial charge < -0.3 is 9.47 Å². The molecule has 1 aliphatic carbocycles. The number of hydrogen-bond acceptors (Lipinski definition) is 4. The standard InChI is InChI=1S/C16H12O4/c1-19-13-7-8-14(20-2)16-10(13)4-3-9-11(17)5-6-12(18)15(9)16/h3-8H,1-2H3. The predicted octanol–water partition coefficient (Wildman–Crippen LogP) is 2.79. The maximum atomic E-state index is 12.2. The van der Waals surface area contributed by atoms with Gasteiger partial charge in [0.1, 0.15) is 11.5 Å². The molecule has 0 heterocycles. The summed E-state index contributed by atoms with van der Waals surface area (Å²) in [7, 11) is 3.10.